The molecule has 5 heteroatoms. The van der Waals surface area contributed by atoms with E-state index in [4.69, 9.17) is 19.5 Å². The van der Waals surface area contributed by atoms with E-state index in [2.05, 4.69) is 157 Å². The molecular formula is C49H55N3O2. The van der Waals surface area contributed by atoms with Crippen molar-refractivity contribution in [3.05, 3.63) is 131 Å². The van der Waals surface area contributed by atoms with Crippen molar-refractivity contribution in [3.8, 4) is 17.3 Å². The zero-order valence-electron chi connectivity index (χ0n) is 33.3. The highest BCUT2D eigenvalue weighted by Gasteiger charge is 2.39. The highest BCUT2D eigenvalue weighted by Crippen LogP contribution is 2.42. The second-order valence-electron chi connectivity index (χ2n) is 18.0. The molecule has 6 aromatic rings. The monoisotopic (exact) mass is 717 g/mol. The van der Waals surface area contributed by atoms with Gasteiger partial charge in [-0.25, -0.2) is 9.98 Å². The van der Waals surface area contributed by atoms with Gasteiger partial charge in [-0.2, -0.15) is 0 Å². The molecule has 2 aliphatic rings. The Morgan fingerprint density at radius 2 is 1.44 bits per heavy atom. The van der Waals surface area contributed by atoms with E-state index >= 15 is 0 Å². The van der Waals surface area contributed by atoms with E-state index in [1.54, 1.807) is 0 Å². The zero-order chi connectivity index (χ0) is 37.8. The van der Waals surface area contributed by atoms with Crippen molar-refractivity contribution in [3.63, 3.8) is 0 Å². The third-order valence-corrected chi connectivity index (χ3v) is 11.6. The van der Waals surface area contributed by atoms with Gasteiger partial charge in [-0.15, -0.1) is 0 Å². The molecule has 0 spiro atoms. The Balaban J connectivity index is 1.21. The molecule has 0 saturated heterocycles. The fourth-order valence-electron chi connectivity index (χ4n) is 8.36. The van der Waals surface area contributed by atoms with Crippen LogP contribution in [0, 0.1) is 5.92 Å². The SMILES string of the molecule is CC(C)c1cc(Oc2ccc3c4cc(C(C)(C)C)ccc4n(-c4cc(C(C)(C)C)ccn4)c3c2)cc(C2=N[C@H](C3CCCCC3)[C@@H](c3ccccc3)O2)c1. The van der Waals surface area contributed by atoms with Crippen LogP contribution in [-0.4, -0.2) is 21.5 Å². The lowest BCUT2D eigenvalue weighted by Crippen LogP contribution is -2.25. The van der Waals surface area contributed by atoms with Crippen LogP contribution in [0.4, 0.5) is 0 Å². The summed E-state index contributed by atoms with van der Waals surface area (Å²) in [7, 11) is 0. The summed E-state index contributed by atoms with van der Waals surface area (Å²) in [5, 5.41) is 2.39. The van der Waals surface area contributed by atoms with Gasteiger partial charge in [-0.1, -0.05) is 111 Å². The lowest BCUT2D eigenvalue weighted by Gasteiger charge is -2.29. The van der Waals surface area contributed by atoms with E-state index in [0.29, 0.717) is 11.8 Å². The number of nitrogens with zero attached hydrogens (tertiary/aromatic N) is 3. The first-order valence-electron chi connectivity index (χ1n) is 20.0. The minimum atomic E-state index is -0.0788. The van der Waals surface area contributed by atoms with Gasteiger partial charge in [0.05, 0.1) is 17.1 Å². The first-order chi connectivity index (χ1) is 25.8. The van der Waals surface area contributed by atoms with Gasteiger partial charge in [0.15, 0.2) is 0 Å². The topological polar surface area (TPSA) is 48.6 Å². The molecule has 0 amide bonds. The molecule has 3 heterocycles. The standard InChI is InChI=1S/C49H55N3O2/c1-31(2)34-25-35(47-51-45(32-15-11-9-12-16-32)46(54-47)33-17-13-10-14-18-33)27-39(26-34)53-38-20-21-40-41-28-36(48(3,4)5)19-22-42(41)52(43(40)30-38)44-29-37(23-24-50-44)49(6,7)8/h10,13-14,17-32,45-46H,9,11-12,15-16H2,1-8H3/t45-,46-/m1/s1. The lowest BCUT2D eigenvalue weighted by molar-refractivity contribution is 0.150. The third-order valence-electron chi connectivity index (χ3n) is 11.6. The number of rotatable bonds is 7. The Kier molecular flexibility index (Phi) is 9.40. The fraction of sp³-hybridized carbons (Fsp3) is 0.388. The van der Waals surface area contributed by atoms with Gasteiger partial charge in [0.25, 0.3) is 0 Å². The van der Waals surface area contributed by atoms with Crippen molar-refractivity contribution in [2.24, 2.45) is 10.9 Å². The lowest BCUT2D eigenvalue weighted by atomic mass is 9.81. The van der Waals surface area contributed by atoms with E-state index in [1.807, 2.05) is 6.20 Å². The van der Waals surface area contributed by atoms with Crippen LogP contribution in [0.15, 0.2) is 108 Å². The zero-order valence-corrected chi connectivity index (χ0v) is 33.3. The summed E-state index contributed by atoms with van der Waals surface area (Å²) in [6, 6.07) is 35.0. The summed E-state index contributed by atoms with van der Waals surface area (Å²) in [5.74, 6) is 4.02. The average molecular weight is 718 g/mol. The molecule has 2 aromatic heterocycles. The predicted octanol–water partition coefficient (Wildman–Crippen LogP) is 13.2. The number of benzene rings is 4. The van der Waals surface area contributed by atoms with Crippen LogP contribution in [0.25, 0.3) is 27.6 Å². The first kappa shape index (κ1) is 36.1. The van der Waals surface area contributed by atoms with Crippen molar-refractivity contribution >= 4 is 27.7 Å². The fourth-order valence-corrected chi connectivity index (χ4v) is 8.36. The third kappa shape index (κ3) is 7.06. The van der Waals surface area contributed by atoms with E-state index in [1.165, 1.54) is 65.1 Å². The number of aliphatic imine (C=N–C) groups is 1. The molecular weight excluding hydrogens is 663 g/mol. The Morgan fingerprint density at radius 1 is 0.704 bits per heavy atom. The molecule has 1 aliphatic heterocycles. The van der Waals surface area contributed by atoms with Gasteiger partial charge in [0.2, 0.25) is 5.90 Å². The Bertz CT molecular complexity index is 2330. The summed E-state index contributed by atoms with van der Waals surface area (Å²) in [6.45, 7) is 18.0. The highest BCUT2D eigenvalue weighted by molar-refractivity contribution is 6.09. The molecule has 1 fully saturated rings. The van der Waals surface area contributed by atoms with Crippen LogP contribution in [0.2, 0.25) is 0 Å². The summed E-state index contributed by atoms with van der Waals surface area (Å²) in [5.41, 5.74) is 8.14. The molecule has 1 saturated carbocycles. The molecule has 4 aromatic carbocycles. The quantitative estimate of drug-likeness (QED) is 0.165. The van der Waals surface area contributed by atoms with Gasteiger partial charge in [-0.3, -0.25) is 4.57 Å². The normalized spacial score (nSPS) is 18.4. The van der Waals surface area contributed by atoms with Crippen LogP contribution in [-0.2, 0) is 15.6 Å². The molecule has 278 valence electrons. The van der Waals surface area contributed by atoms with Crippen molar-refractivity contribution < 1.29 is 9.47 Å². The number of hydrogen-bond donors (Lipinski definition) is 0. The molecule has 0 N–H and O–H groups in total. The van der Waals surface area contributed by atoms with Gasteiger partial charge in [-0.05, 0) is 112 Å². The number of ether oxygens (including phenoxy) is 2. The first-order valence-corrected chi connectivity index (χ1v) is 20.0. The average Bonchev–Trinajstić information content (AvgIpc) is 3.75. The van der Waals surface area contributed by atoms with E-state index < -0.39 is 0 Å². The summed E-state index contributed by atoms with van der Waals surface area (Å²) >= 11 is 0. The minimum Gasteiger partial charge on any atom is -0.467 e. The molecule has 0 radical (unpaired) electrons. The maximum atomic E-state index is 6.85. The van der Waals surface area contributed by atoms with Crippen LogP contribution in [0.1, 0.15) is 127 Å². The number of fused-ring (bicyclic) bond motifs is 3. The largest absolute Gasteiger partial charge is 0.467 e. The van der Waals surface area contributed by atoms with Crippen LogP contribution in [0.3, 0.4) is 0 Å². The van der Waals surface area contributed by atoms with E-state index in [0.717, 1.165) is 39.8 Å². The highest BCUT2D eigenvalue weighted by atomic mass is 16.5. The van der Waals surface area contributed by atoms with Gasteiger partial charge in [0.1, 0.15) is 23.4 Å². The van der Waals surface area contributed by atoms with Crippen molar-refractivity contribution in [2.75, 3.05) is 0 Å². The summed E-state index contributed by atoms with van der Waals surface area (Å²) < 4.78 is 16.0. The molecule has 54 heavy (non-hydrogen) atoms. The van der Waals surface area contributed by atoms with Gasteiger partial charge >= 0.3 is 0 Å². The van der Waals surface area contributed by atoms with Crippen molar-refractivity contribution in [2.45, 2.75) is 116 Å². The van der Waals surface area contributed by atoms with Gasteiger partial charge < -0.3 is 9.47 Å². The van der Waals surface area contributed by atoms with Crippen molar-refractivity contribution in [1.29, 1.82) is 0 Å². The maximum absolute atomic E-state index is 6.85. The minimum absolute atomic E-state index is 0.00583. The maximum Gasteiger partial charge on any atom is 0.217 e. The van der Waals surface area contributed by atoms with Gasteiger partial charge in [0, 0.05) is 28.6 Å². The number of hydrogen-bond acceptors (Lipinski definition) is 4. The molecule has 1 aliphatic carbocycles. The Morgan fingerprint density at radius 3 is 2.17 bits per heavy atom. The molecule has 8 rings (SSSR count). The smallest absolute Gasteiger partial charge is 0.217 e. The predicted molar refractivity (Wildman–Crippen MR) is 224 cm³/mol. The van der Waals surface area contributed by atoms with Crippen LogP contribution < -0.4 is 4.74 Å². The van der Waals surface area contributed by atoms with Crippen LogP contribution >= 0.6 is 0 Å². The summed E-state index contributed by atoms with van der Waals surface area (Å²) in [4.78, 5) is 10.3. The number of pyridine rings is 1. The van der Waals surface area contributed by atoms with E-state index in [-0.39, 0.29) is 23.0 Å². The molecule has 5 nitrogen and oxygen atoms in total. The van der Waals surface area contributed by atoms with Crippen molar-refractivity contribution in [1.82, 2.24) is 9.55 Å². The van der Waals surface area contributed by atoms with Crippen LogP contribution in [0.5, 0.6) is 11.5 Å². The Hall–Kier alpha value is -4.90. The van der Waals surface area contributed by atoms with E-state index in [9.17, 15) is 0 Å². The Labute approximate surface area is 321 Å². The summed E-state index contributed by atoms with van der Waals surface area (Å²) in [6.07, 6.45) is 8.14. The second kappa shape index (κ2) is 14.1. The molecule has 0 bridgehead atoms. The second-order valence-corrected chi connectivity index (χ2v) is 18.0. The molecule has 2 atom stereocenters. The molecule has 0 unspecified atom stereocenters. The number of aromatic nitrogens is 2.